The van der Waals surface area contributed by atoms with Crippen LogP contribution >= 0.6 is 47.8 Å². The lowest BCUT2D eigenvalue weighted by Gasteiger charge is -2.18. The summed E-state index contributed by atoms with van der Waals surface area (Å²) in [5.41, 5.74) is 7.03. The van der Waals surface area contributed by atoms with Gasteiger partial charge in [0.2, 0.25) is 0 Å². The Labute approximate surface area is 330 Å². The lowest BCUT2D eigenvalue weighted by molar-refractivity contribution is 0.0979. The number of halogens is 3. The molecule has 0 saturated heterocycles. The van der Waals surface area contributed by atoms with E-state index < -0.39 is 0 Å². The van der Waals surface area contributed by atoms with Crippen LogP contribution in [0, 0.1) is 0 Å². The van der Waals surface area contributed by atoms with Gasteiger partial charge in [0, 0.05) is 35.7 Å². The Morgan fingerprint density at radius 2 is 0.885 bits per heavy atom. The Kier molecular flexibility index (Phi) is 12.0. The van der Waals surface area contributed by atoms with Crippen LogP contribution in [0.5, 0.6) is 0 Å². The Morgan fingerprint density at radius 1 is 0.423 bits per heavy atom. The van der Waals surface area contributed by atoms with Crippen LogP contribution in [0.4, 0.5) is 0 Å². The fraction of sp³-hybridized carbons (Fsp3) is 0.0638. The molecule has 9 rings (SSSR count). The Morgan fingerprint density at radius 3 is 1.42 bits per heavy atom. The van der Waals surface area contributed by atoms with E-state index in [-0.39, 0.29) is 19.0 Å². The Hall–Kier alpha value is -4.68. The summed E-state index contributed by atoms with van der Waals surface area (Å²) in [6, 6.07) is 48.8. The van der Waals surface area contributed by atoms with E-state index in [4.69, 9.17) is 0 Å². The topological polar surface area (TPSA) is 34.1 Å². The summed E-state index contributed by atoms with van der Waals surface area (Å²) in [6.07, 6.45) is 8.83. The highest BCUT2D eigenvalue weighted by molar-refractivity contribution is 9.12. The molecule has 2 aliphatic rings. The van der Waals surface area contributed by atoms with Gasteiger partial charge in [-0.3, -0.25) is 9.59 Å². The monoisotopic (exact) mass is 868 g/mol. The number of ketones is 2. The van der Waals surface area contributed by atoms with Crippen LogP contribution in [0.25, 0.3) is 43.8 Å². The van der Waals surface area contributed by atoms with E-state index in [2.05, 4.69) is 169 Å². The smallest absolute Gasteiger partial charge is 0.194 e. The van der Waals surface area contributed by atoms with Gasteiger partial charge in [0.25, 0.3) is 0 Å². The molecule has 0 spiro atoms. The maximum Gasteiger partial charge on any atom is 0.194 e. The maximum atomic E-state index is 12.2. The highest BCUT2D eigenvalue weighted by Gasteiger charge is 2.29. The van der Waals surface area contributed by atoms with Gasteiger partial charge in [-0.15, -0.1) is 0 Å². The fourth-order valence-corrected chi connectivity index (χ4v) is 7.77. The van der Waals surface area contributed by atoms with E-state index in [9.17, 15) is 9.59 Å². The van der Waals surface area contributed by atoms with Crippen LogP contribution in [0.15, 0.2) is 177 Å². The zero-order valence-corrected chi connectivity index (χ0v) is 32.2. The molecule has 0 unspecified atom stereocenters. The third-order valence-corrected chi connectivity index (χ3v) is 10.5. The van der Waals surface area contributed by atoms with E-state index >= 15 is 0 Å². The number of allylic oxidation sites excluding steroid dienone is 4. The van der Waals surface area contributed by atoms with E-state index in [1.165, 1.54) is 61.1 Å². The number of benzene rings is 7. The summed E-state index contributed by atoms with van der Waals surface area (Å²) in [4.78, 5) is 24.4. The van der Waals surface area contributed by atoms with Crippen LogP contribution in [0.3, 0.4) is 0 Å². The third kappa shape index (κ3) is 7.73. The highest BCUT2D eigenvalue weighted by atomic mass is 79.9. The van der Waals surface area contributed by atoms with Crippen molar-refractivity contribution in [3.8, 4) is 22.3 Å². The number of carbonyl (C=O) groups excluding carboxylic acids is 2. The average molecular weight is 872 g/mol. The average Bonchev–Trinajstić information content (AvgIpc) is 3.17. The second kappa shape index (κ2) is 16.8. The van der Waals surface area contributed by atoms with Crippen molar-refractivity contribution in [1.29, 1.82) is 0 Å². The number of carbonyl (C=O) groups is 2. The normalized spacial score (nSPS) is 12.7. The fourth-order valence-electron chi connectivity index (χ4n) is 6.64. The van der Waals surface area contributed by atoms with E-state index in [1.54, 1.807) is 42.5 Å². The molecule has 0 atom stereocenters. The molecule has 0 heterocycles. The first-order valence-electron chi connectivity index (χ1n) is 16.7. The molecular weight excluding hydrogens is 836 g/mol. The minimum atomic E-state index is -0.0866. The quantitative estimate of drug-likeness (QED) is 0.162. The van der Waals surface area contributed by atoms with Gasteiger partial charge in [0.1, 0.15) is 0 Å². The molecule has 256 valence electrons. The summed E-state index contributed by atoms with van der Waals surface area (Å²) in [6.45, 7) is 0. The second-order valence-corrected chi connectivity index (χ2v) is 14.9. The second-order valence-electron chi connectivity index (χ2n) is 12.2. The third-order valence-electron chi connectivity index (χ3n) is 8.95. The lowest BCUT2D eigenvalue weighted by Crippen LogP contribution is -2.20. The summed E-state index contributed by atoms with van der Waals surface area (Å²) in [7, 11) is 0. The van der Waals surface area contributed by atoms with E-state index in [0.717, 1.165) is 8.95 Å². The highest BCUT2D eigenvalue weighted by Crippen LogP contribution is 2.44. The Balaban J connectivity index is 0.000000158. The lowest BCUT2D eigenvalue weighted by atomic mass is 9.84. The van der Waals surface area contributed by atoms with Gasteiger partial charge in [-0.25, -0.2) is 0 Å². The molecule has 0 radical (unpaired) electrons. The zero-order chi connectivity index (χ0) is 35.3. The van der Waals surface area contributed by atoms with Gasteiger partial charge in [-0.05, 0) is 87.0 Å². The van der Waals surface area contributed by atoms with Gasteiger partial charge < -0.3 is 0 Å². The van der Waals surface area contributed by atoms with Crippen LogP contribution in [0.2, 0.25) is 0 Å². The van der Waals surface area contributed by atoms with Crippen molar-refractivity contribution in [3.63, 3.8) is 0 Å². The first-order valence-corrected chi connectivity index (χ1v) is 19.0. The molecule has 0 N–H and O–H groups in total. The minimum Gasteiger partial charge on any atom is -0.289 e. The molecule has 0 aliphatic heterocycles. The number of fused-ring (bicyclic) bond motifs is 4. The minimum absolute atomic E-state index is 0. The van der Waals surface area contributed by atoms with Crippen LogP contribution in [-0.2, 0) is 0 Å². The summed E-state index contributed by atoms with van der Waals surface area (Å²) < 4.78 is 3.12. The molecule has 0 aromatic heterocycles. The molecule has 7 aromatic rings. The molecule has 2 aliphatic carbocycles. The molecule has 0 bridgehead atoms. The van der Waals surface area contributed by atoms with E-state index in [0.29, 0.717) is 22.3 Å². The predicted octanol–water partition coefficient (Wildman–Crippen LogP) is 14.6. The molecule has 5 heteroatoms. The van der Waals surface area contributed by atoms with Gasteiger partial charge in [0.15, 0.2) is 11.6 Å². The number of hydrogen-bond donors (Lipinski definition) is 0. The molecule has 0 saturated carbocycles. The number of rotatable bonds is 2. The molecule has 2 nitrogen and oxygen atoms in total. The van der Waals surface area contributed by atoms with Crippen LogP contribution < -0.4 is 0 Å². The van der Waals surface area contributed by atoms with Gasteiger partial charge in [0.05, 0.1) is 0 Å². The molecule has 52 heavy (non-hydrogen) atoms. The van der Waals surface area contributed by atoms with Gasteiger partial charge >= 0.3 is 0 Å². The van der Waals surface area contributed by atoms with Crippen molar-refractivity contribution in [2.75, 3.05) is 0 Å². The number of hydrogen-bond acceptors (Lipinski definition) is 2. The van der Waals surface area contributed by atoms with Crippen LogP contribution in [0.1, 0.15) is 52.1 Å². The van der Waals surface area contributed by atoms with Crippen molar-refractivity contribution in [2.24, 2.45) is 0 Å². The van der Waals surface area contributed by atoms with Crippen molar-refractivity contribution < 1.29 is 9.59 Å². The van der Waals surface area contributed by atoms with Gasteiger partial charge in [-0.1, -0.05) is 189 Å². The molecule has 0 fully saturated rings. The predicted molar refractivity (Wildman–Crippen MR) is 230 cm³/mol. The van der Waals surface area contributed by atoms with E-state index in [1.807, 2.05) is 0 Å². The largest absolute Gasteiger partial charge is 0.289 e. The standard InChI is InChI=1S/C26H17Br.C14H7BrO2.C6H7Br.CH4/c27-20-15-16-23-24(17-20)26(19-11-5-2-6-12-19)22-14-8-7-13-21(22)25(23)18-9-3-1-4-10-18;15-8-5-6-11-12(7-8)14(17)10-4-2-1-3-9(10)13(11)16;7-6-4-2-1-3-5-6;/h1-17H;1-7H;2,4-5H,1,3H2;1H4. The first-order chi connectivity index (χ1) is 24.9. The molecule has 7 aromatic carbocycles. The molecular formula is C47H35Br3O2. The SMILES string of the molecule is BrC1=CCCC=C1.Brc1ccc2c(-c3ccccc3)c3ccccc3c(-c3ccccc3)c2c1.C.O=C1c2ccccc2C(=O)c2cc(Br)ccc21. The van der Waals surface area contributed by atoms with Crippen LogP contribution in [-0.4, -0.2) is 11.6 Å². The zero-order valence-electron chi connectivity index (χ0n) is 27.5. The van der Waals surface area contributed by atoms with Crippen molar-refractivity contribution in [1.82, 2.24) is 0 Å². The Bertz CT molecular complexity index is 2480. The molecule has 0 amide bonds. The summed E-state index contributed by atoms with van der Waals surface area (Å²) in [5, 5.41) is 5.13. The van der Waals surface area contributed by atoms with Crippen molar-refractivity contribution >= 4 is 80.9 Å². The first kappa shape index (κ1) is 37.1. The summed E-state index contributed by atoms with van der Waals surface area (Å²) >= 11 is 10.4. The van der Waals surface area contributed by atoms with Crippen molar-refractivity contribution in [2.45, 2.75) is 20.3 Å². The summed E-state index contributed by atoms with van der Waals surface area (Å²) in [5.74, 6) is -0.167. The van der Waals surface area contributed by atoms with Crippen molar-refractivity contribution in [3.05, 3.63) is 200 Å². The van der Waals surface area contributed by atoms with Gasteiger partial charge in [-0.2, -0.15) is 0 Å². The maximum absolute atomic E-state index is 12.2.